The maximum absolute atomic E-state index is 12.9. The highest BCUT2D eigenvalue weighted by Gasteiger charge is 2.25. The van der Waals surface area contributed by atoms with Crippen molar-refractivity contribution in [3.05, 3.63) is 54.1 Å². The number of morpholine rings is 1. The van der Waals surface area contributed by atoms with Gasteiger partial charge < -0.3 is 19.7 Å². The molecule has 34 heavy (non-hydrogen) atoms. The Labute approximate surface area is 200 Å². The van der Waals surface area contributed by atoms with Crippen molar-refractivity contribution in [1.82, 2.24) is 14.8 Å². The summed E-state index contributed by atoms with van der Waals surface area (Å²) in [5.41, 5.74) is 2.14. The predicted molar refractivity (Wildman–Crippen MR) is 126 cm³/mol. The van der Waals surface area contributed by atoms with Gasteiger partial charge in [-0.1, -0.05) is 36.0 Å². The van der Waals surface area contributed by atoms with Crippen LogP contribution >= 0.6 is 11.8 Å². The van der Waals surface area contributed by atoms with Gasteiger partial charge in [-0.2, -0.15) is 8.78 Å². The molecule has 0 saturated carbocycles. The summed E-state index contributed by atoms with van der Waals surface area (Å²) in [4.78, 5) is 15.0. The summed E-state index contributed by atoms with van der Waals surface area (Å²) in [7, 11) is 0. The van der Waals surface area contributed by atoms with Crippen LogP contribution in [0, 0.1) is 6.92 Å². The second-order valence-electron chi connectivity index (χ2n) is 7.68. The molecular weight excluding hydrogens is 464 g/mol. The Morgan fingerprint density at radius 2 is 1.91 bits per heavy atom. The van der Waals surface area contributed by atoms with E-state index in [0.29, 0.717) is 37.4 Å². The maximum Gasteiger partial charge on any atom is 0.387 e. The Kier molecular flexibility index (Phi) is 7.63. The lowest BCUT2D eigenvalue weighted by atomic mass is 10.2. The van der Waals surface area contributed by atoms with Gasteiger partial charge in [-0.25, -0.2) is 0 Å². The Balaban J connectivity index is 1.57. The molecule has 4 rings (SSSR count). The Morgan fingerprint density at radius 3 is 2.65 bits per heavy atom. The number of ether oxygens (including phenoxy) is 2. The van der Waals surface area contributed by atoms with Crippen LogP contribution in [0.2, 0.25) is 0 Å². The Bertz CT molecular complexity index is 1140. The minimum Gasteiger partial charge on any atom is -0.433 e. The number of nitrogens with zero attached hydrogens (tertiary/aromatic N) is 4. The monoisotopic (exact) mass is 489 g/mol. The lowest BCUT2D eigenvalue weighted by Crippen LogP contribution is -2.38. The van der Waals surface area contributed by atoms with Crippen molar-refractivity contribution in [1.29, 1.82) is 0 Å². The standard InChI is InChI=1S/C23H25F2N5O3S/c1-15-6-5-7-17(14-15)30-22(29-10-12-32-13-11-29)27-28-23(30)34-16(2)20(31)26-18-8-3-4-9-19(18)33-21(24)25/h3-9,14,16,21H,10-13H2,1-2H3,(H,26,31). The number of nitrogens with one attached hydrogen (secondary N) is 1. The van der Waals surface area contributed by atoms with Crippen LogP contribution in [-0.2, 0) is 9.53 Å². The minimum absolute atomic E-state index is 0.0967. The highest BCUT2D eigenvalue weighted by Crippen LogP contribution is 2.31. The van der Waals surface area contributed by atoms with Crippen LogP contribution in [0.1, 0.15) is 12.5 Å². The van der Waals surface area contributed by atoms with Gasteiger partial charge in [-0.15, -0.1) is 10.2 Å². The van der Waals surface area contributed by atoms with Crippen molar-refractivity contribution in [3.8, 4) is 11.4 Å². The second-order valence-corrected chi connectivity index (χ2v) is 8.99. The molecule has 1 unspecified atom stereocenters. The first-order chi connectivity index (χ1) is 16.4. The summed E-state index contributed by atoms with van der Waals surface area (Å²) < 4.78 is 37.3. The molecule has 0 radical (unpaired) electrons. The molecule has 1 atom stereocenters. The molecule has 1 N–H and O–H groups in total. The van der Waals surface area contributed by atoms with E-state index in [9.17, 15) is 13.6 Å². The quantitative estimate of drug-likeness (QED) is 0.477. The number of para-hydroxylation sites is 2. The third-order valence-corrected chi connectivity index (χ3v) is 6.23. The van der Waals surface area contributed by atoms with Crippen molar-refractivity contribution < 1.29 is 23.0 Å². The number of halogens is 2. The van der Waals surface area contributed by atoms with Crippen LogP contribution in [0.4, 0.5) is 20.4 Å². The molecule has 3 aromatic rings. The lowest BCUT2D eigenvalue weighted by Gasteiger charge is -2.28. The van der Waals surface area contributed by atoms with Gasteiger partial charge in [0.1, 0.15) is 5.75 Å². The first-order valence-corrected chi connectivity index (χ1v) is 11.7. The molecule has 1 aliphatic heterocycles. The van der Waals surface area contributed by atoms with Crippen LogP contribution < -0.4 is 15.0 Å². The van der Waals surface area contributed by atoms with E-state index in [1.807, 2.05) is 35.8 Å². The maximum atomic E-state index is 12.9. The van der Waals surface area contributed by atoms with Crippen molar-refractivity contribution in [2.24, 2.45) is 0 Å². The molecule has 0 bridgehead atoms. The van der Waals surface area contributed by atoms with Gasteiger partial charge in [-0.3, -0.25) is 9.36 Å². The van der Waals surface area contributed by atoms with Crippen molar-refractivity contribution >= 4 is 29.3 Å². The number of anilines is 2. The SMILES string of the molecule is Cc1cccc(-n2c(SC(C)C(=O)Nc3ccccc3OC(F)F)nnc2N2CCOCC2)c1. The summed E-state index contributed by atoms with van der Waals surface area (Å²) in [6.07, 6.45) is 0. The molecule has 0 spiro atoms. The number of hydrogen-bond donors (Lipinski definition) is 1. The van der Waals surface area contributed by atoms with E-state index in [2.05, 4.69) is 25.2 Å². The van der Waals surface area contributed by atoms with E-state index in [0.717, 1.165) is 11.3 Å². The molecule has 0 aliphatic carbocycles. The number of aromatic nitrogens is 3. The molecule has 1 fully saturated rings. The molecule has 2 aromatic carbocycles. The highest BCUT2D eigenvalue weighted by atomic mass is 32.2. The number of hydrogen-bond acceptors (Lipinski definition) is 7. The van der Waals surface area contributed by atoms with Crippen LogP contribution in [0.5, 0.6) is 5.75 Å². The molecule has 1 aromatic heterocycles. The zero-order chi connectivity index (χ0) is 24.1. The normalized spacial score (nSPS) is 14.8. The lowest BCUT2D eigenvalue weighted by molar-refractivity contribution is -0.115. The summed E-state index contributed by atoms with van der Waals surface area (Å²) in [5, 5.41) is 11.4. The number of rotatable bonds is 8. The second kappa shape index (κ2) is 10.8. The van der Waals surface area contributed by atoms with Crippen molar-refractivity contribution in [2.75, 3.05) is 36.5 Å². The number of amides is 1. The fraction of sp³-hybridized carbons (Fsp3) is 0.348. The van der Waals surface area contributed by atoms with Gasteiger partial charge in [0.2, 0.25) is 11.9 Å². The van der Waals surface area contributed by atoms with Gasteiger partial charge in [-0.05, 0) is 43.7 Å². The molecule has 1 saturated heterocycles. The van der Waals surface area contributed by atoms with Gasteiger partial charge in [0, 0.05) is 13.1 Å². The number of carbonyl (C=O) groups excluding carboxylic acids is 1. The molecule has 1 aliphatic rings. The molecule has 1 amide bonds. The number of thioether (sulfide) groups is 1. The van der Waals surface area contributed by atoms with Gasteiger partial charge >= 0.3 is 6.61 Å². The van der Waals surface area contributed by atoms with Crippen LogP contribution in [0.25, 0.3) is 5.69 Å². The average molecular weight is 490 g/mol. The molecular formula is C23H25F2N5O3S. The number of aryl methyl sites for hydroxylation is 1. The number of alkyl halides is 2. The Morgan fingerprint density at radius 1 is 1.15 bits per heavy atom. The summed E-state index contributed by atoms with van der Waals surface area (Å²) in [5.74, 6) is 0.210. The van der Waals surface area contributed by atoms with Crippen LogP contribution in [0.3, 0.4) is 0 Å². The van der Waals surface area contributed by atoms with E-state index in [1.165, 1.54) is 23.9 Å². The third kappa shape index (κ3) is 5.65. The topological polar surface area (TPSA) is 81.5 Å². The van der Waals surface area contributed by atoms with E-state index in [1.54, 1.807) is 19.1 Å². The summed E-state index contributed by atoms with van der Waals surface area (Å²) >= 11 is 1.23. The number of benzene rings is 2. The Hall–Kier alpha value is -3.18. The molecule has 8 nitrogen and oxygen atoms in total. The zero-order valence-corrected chi connectivity index (χ0v) is 19.6. The predicted octanol–water partition coefficient (Wildman–Crippen LogP) is 4.13. The van der Waals surface area contributed by atoms with Crippen molar-refractivity contribution in [3.63, 3.8) is 0 Å². The fourth-order valence-electron chi connectivity index (χ4n) is 3.51. The van der Waals surface area contributed by atoms with Gasteiger partial charge in [0.25, 0.3) is 0 Å². The van der Waals surface area contributed by atoms with Gasteiger partial charge in [0.05, 0.1) is 29.8 Å². The first-order valence-electron chi connectivity index (χ1n) is 10.8. The van der Waals surface area contributed by atoms with E-state index in [-0.39, 0.29) is 17.3 Å². The zero-order valence-electron chi connectivity index (χ0n) is 18.8. The van der Waals surface area contributed by atoms with E-state index >= 15 is 0 Å². The molecule has 2 heterocycles. The average Bonchev–Trinajstić information content (AvgIpc) is 3.24. The molecule has 11 heteroatoms. The van der Waals surface area contributed by atoms with Gasteiger partial charge in [0.15, 0.2) is 5.16 Å². The van der Waals surface area contributed by atoms with Crippen LogP contribution in [0.15, 0.2) is 53.7 Å². The van der Waals surface area contributed by atoms with E-state index in [4.69, 9.17) is 4.74 Å². The first kappa shape index (κ1) is 24.0. The van der Waals surface area contributed by atoms with Crippen molar-refractivity contribution in [2.45, 2.75) is 30.9 Å². The highest BCUT2D eigenvalue weighted by molar-refractivity contribution is 8.00. The molecule has 180 valence electrons. The number of carbonyl (C=O) groups is 1. The summed E-state index contributed by atoms with van der Waals surface area (Å²) in [6.45, 7) is 3.31. The summed E-state index contributed by atoms with van der Waals surface area (Å²) in [6, 6.07) is 14.0. The van der Waals surface area contributed by atoms with Crippen LogP contribution in [-0.4, -0.2) is 58.8 Å². The smallest absolute Gasteiger partial charge is 0.387 e. The fourth-order valence-corrected chi connectivity index (χ4v) is 4.38. The van der Waals surface area contributed by atoms with E-state index < -0.39 is 11.9 Å². The largest absolute Gasteiger partial charge is 0.433 e. The minimum atomic E-state index is -2.99. The third-order valence-electron chi connectivity index (χ3n) is 5.18.